The number of nitrogens with zero attached hydrogens (tertiary/aromatic N) is 1. The van der Waals surface area contributed by atoms with E-state index in [4.69, 9.17) is 5.73 Å². The maximum atomic E-state index is 11.7. The number of aldehydes is 1. The highest BCUT2D eigenvalue weighted by Gasteiger charge is 2.23. The molecule has 1 heterocycles. The molecule has 13 heteroatoms. The van der Waals surface area contributed by atoms with Gasteiger partial charge in [0.1, 0.15) is 6.29 Å². The highest BCUT2D eigenvalue weighted by molar-refractivity contribution is 6.13. The number of amides is 6. The molecular weight excluding hydrogens is 568 g/mol. The lowest BCUT2D eigenvalue weighted by Gasteiger charge is -2.15. The molecule has 6 amide bonds. The molecule has 246 valence electrons. The van der Waals surface area contributed by atoms with Crippen molar-refractivity contribution in [1.29, 1.82) is 0 Å². The topological polar surface area (TPSA) is 197 Å². The monoisotopic (exact) mass is 618 g/mol. The molecule has 6 N–H and O–H groups in total. The van der Waals surface area contributed by atoms with Gasteiger partial charge in [0.2, 0.25) is 23.6 Å². The van der Waals surface area contributed by atoms with Crippen molar-refractivity contribution in [3.63, 3.8) is 0 Å². The second kappa shape index (κ2) is 28.5. The first-order valence-corrected chi connectivity index (χ1v) is 14.2. The van der Waals surface area contributed by atoms with Crippen LogP contribution < -0.4 is 27.0 Å². The number of nitrogens with one attached hydrogen (secondary N) is 4. The Balaban J connectivity index is -0.000000631. The van der Waals surface area contributed by atoms with Crippen LogP contribution in [0.4, 0.5) is 0 Å². The van der Waals surface area contributed by atoms with Crippen molar-refractivity contribution < 1.29 is 33.6 Å². The maximum absolute atomic E-state index is 11.7. The Morgan fingerprint density at radius 2 is 1.59 bits per heavy atom. The molecule has 0 fully saturated rings. The zero-order chi connectivity index (χ0) is 34.5. The molecule has 0 radical (unpaired) electrons. The number of rotatable bonds is 16. The van der Waals surface area contributed by atoms with Gasteiger partial charge >= 0.3 is 0 Å². The number of carbonyl (C=O) groups excluding carboxylic acids is 7. The van der Waals surface area contributed by atoms with Crippen molar-refractivity contribution in [2.45, 2.75) is 59.9 Å². The van der Waals surface area contributed by atoms with Gasteiger partial charge in [0.05, 0.1) is 25.7 Å². The average molecular weight is 619 g/mol. The van der Waals surface area contributed by atoms with Crippen LogP contribution in [0.2, 0.25) is 0 Å². The predicted octanol–water partition coefficient (Wildman–Crippen LogP) is 0.986. The van der Waals surface area contributed by atoms with Gasteiger partial charge < -0.3 is 31.8 Å². The number of likely N-dealkylation sites (N-methyl/N-ethyl adjacent to an activating group) is 1. The van der Waals surface area contributed by atoms with Gasteiger partial charge in [-0.1, -0.05) is 57.2 Å². The Bertz CT molecular complexity index is 1050. The van der Waals surface area contributed by atoms with Crippen LogP contribution in [-0.2, 0) is 33.6 Å². The molecule has 0 aliphatic carbocycles. The van der Waals surface area contributed by atoms with E-state index in [0.29, 0.717) is 12.7 Å². The Labute approximate surface area is 261 Å². The van der Waals surface area contributed by atoms with Crippen molar-refractivity contribution in [2.24, 2.45) is 5.73 Å². The van der Waals surface area contributed by atoms with E-state index < -0.39 is 35.6 Å². The number of hydrogen-bond acceptors (Lipinski definition) is 8. The van der Waals surface area contributed by atoms with Crippen molar-refractivity contribution >= 4 is 41.7 Å². The highest BCUT2D eigenvalue weighted by atomic mass is 16.2. The summed E-state index contributed by atoms with van der Waals surface area (Å²) in [5, 5.41) is 9.91. The third-order valence-corrected chi connectivity index (χ3v) is 5.20. The van der Waals surface area contributed by atoms with E-state index in [1.807, 2.05) is 45.9 Å². The summed E-state index contributed by atoms with van der Waals surface area (Å²) in [5.41, 5.74) is 7.15. The highest BCUT2D eigenvalue weighted by Crippen LogP contribution is 2.07. The van der Waals surface area contributed by atoms with Crippen molar-refractivity contribution in [1.82, 2.24) is 26.2 Å². The van der Waals surface area contributed by atoms with Gasteiger partial charge in [0, 0.05) is 25.1 Å². The molecule has 0 spiro atoms. The molecule has 0 aromatic heterocycles. The first-order valence-electron chi connectivity index (χ1n) is 14.2. The van der Waals surface area contributed by atoms with Crippen LogP contribution in [0.1, 0.15) is 53.9 Å². The van der Waals surface area contributed by atoms with E-state index in [1.54, 1.807) is 13.1 Å². The smallest absolute Gasteiger partial charge is 0.253 e. The maximum Gasteiger partial charge on any atom is 0.253 e. The molecule has 1 atom stereocenters. The van der Waals surface area contributed by atoms with E-state index in [1.165, 1.54) is 5.57 Å². The summed E-state index contributed by atoms with van der Waals surface area (Å²) in [6.45, 7) is 16.8. The quantitative estimate of drug-likeness (QED) is 0.0730. The summed E-state index contributed by atoms with van der Waals surface area (Å²) in [6, 6.07) is -0.418. The fourth-order valence-electron chi connectivity index (χ4n) is 2.65. The van der Waals surface area contributed by atoms with Crippen molar-refractivity contribution in [3.05, 3.63) is 60.8 Å². The first kappa shape index (κ1) is 43.8. The van der Waals surface area contributed by atoms with Gasteiger partial charge in [-0.3, -0.25) is 33.7 Å². The number of nitrogens with two attached hydrogens (primary N) is 1. The number of primary amides is 1. The average Bonchev–Trinajstić information content (AvgIpc) is 3.34. The summed E-state index contributed by atoms with van der Waals surface area (Å²) in [6.07, 6.45) is 11.7. The Kier molecular flexibility index (Phi) is 28.3. The molecule has 1 rings (SSSR count). The molecule has 1 aliphatic heterocycles. The lowest BCUT2D eigenvalue weighted by Crippen LogP contribution is -2.45. The summed E-state index contributed by atoms with van der Waals surface area (Å²) in [4.78, 5) is 78.0. The third-order valence-electron chi connectivity index (χ3n) is 5.20. The van der Waals surface area contributed by atoms with E-state index >= 15 is 0 Å². The summed E-state index contributed by atoms with van der Waals surface area (Å²) < 4.78 is 0. The fraction of sp³-hybridized carbons (Fsp3) is 0.452. The number of allylic oxidation sites excluding steroid dienone is 5. The Morgan fingerprint density at radius 1 is 1.02 bits per heavy atom. The van der Waals surface area contributed by atoms with Gasteiger partial charge in [0.25, 0.3) is 11.8 Å². The number of carbonyl (C=O) groups is 7. The normalized spacial score (nSPS) is 12.3. The molecular formula is C31H50N6O7. The molecule has 0 bridgehead atoms. The van der Waals surface area contributed by atoms with Crippen LogP contribution in [0.15, 0.2) is 60.8 Å². The minimum atomic E-state index is -0.563. The molecule has 13 nitrogen and oxygen atoms in total. The van der Waals surface area contributed by atoms with Crippen LogP contribution in [0, 0.1) is 0 Å². The molecule has 0 saturated heterocycles. The SMILES string of the molecule is C=C(C)CC.C=C/C(=C\C=C/C)CC(NC)C(=O)NCC(N)=O.CC.O=CCNC(=O)CNC(=O)CCN1C(=O)C=CC1=O. The molecule has 0 saturated carbocycles. The zero-order valence-corrected chi connectivity index (χ0v) is 26.9. The molecule has 0 aromatic rings. The minimum absolute atomic E-state index is 0.0353. The molecule has 1 aliphatic rings. The minimum Gasteiger partial charge on any atom is -0.368 e. The van der Waals surface area contributed by atoms with E-state index in [0.717, 1.165) is 29.0 Å². The van der Waals surface area contributed by atoms with E-state index in [-0.39, 0.29) is 38.5 Å². The van der Waals surface area contributed by atoms with Crippen molar-refractivity contribution in [3.8, 4) is 0 Å². The molecule has 1 unspecified atom stereocenters. The van der Waals surface area contributed by atoms with Gasteiger partial charge in [0.15, 0.2) is 0 Å². The van der Waals surface area contributed by atoms with Crippen LogP contribution in [-0.4, -0.2) is 85.9 Å². The largest absolute Gasteiger partial charge is 0.368 e. The fourth-order valence-corrected chi connectivity index (χ4v) is 2.65. The standard InChI is InChI=1S/C13H21N3O2.C11H13N3O5.C5H10.C2H6/c1-4-6-7-10(5-2)8-11(15-3)13(18)16-9-12(14)17;15-6-4-12-9(17)7-13-8(16)3-5-14-10(18)1-2-11(14)19;1-4-5(2)3;1-2/h4-7,11,15H,2,8-9H2,1,3H3,(H2,14,17)(H,16,18);1-2,6H,3-5,7H2,(H,12,17)(H,13,16);2,4H2,1,3H3;1-2H3/b6-4-,10-7+;;;. The van der Waals surface area contributed by atoms with Crippen molar-refractivity contribution in [2.75, 3.05) is 33.2 Å². The van der Waals surface area contributed by atoms with Gasteiger partial charge in [-0.2, -0.15) is 0 Å². The van der Waals surface area contributed by atoms with E-state index in [2.05, 4.69) is 41.3 Å². The first-order chi connectivity index (χ1) is 20.9. The number of hydrogen-bond donors (Lipinski definition) is 5. The number of imide groups is 1. The molecule has 44 heavy (non-hydrogen) atoms. The van der Waals surface area contributed by atoms with Crippen LogP contribution in [0.25, 0.3) is 0 Å². The summed E-state index contributed by atoms with van der Waals surface area (Å²) in [5.74, 6) is -2.69. The lowest BCUT2D eigenvalue weighted by molar-refractivity contribution is -0.137. The van der Waals surface area contributed by atoms with E-state index in [9.17, 15) is 33.6 Å². The van der Waals surface area contributed by atoms with Crippen LogP contribution >= 0.6 is 0 Å². The van der Waals surface area contributed by atoms with Gasteiger partial charge in [-0.15, -0.1) is 6.58 Å². The Morgan fingerprint density at radius 3 is 2.02 bits per heavy atom. The lowest BCUT2D eigenvalue weighted by atomic mass is 10.0. The third kappa shape index (κ3) is 24.0. The summed E-state index contributed by atoms with van der Waals surface area (Å²) in [7, 11) is 1.69. The zero-order valence-electron chi connectivity index (χ0n) is 26.9. The molecule has 0 aromatic carbocycles. The predicted molar refractivity (Wildman–Crippen MR) is 172 cm³/mol. The second-order valence-corrected chi connectivity index (χ2v) is 8.67. The van der Waals surface area contributed by atoms with Gasteiger partial charge in [-0.05, 0) is 39.3 Å². The van der Waals surface area contributed by atoms with Crippen LogP contribution in [0.3, 0.4) is 0 Å². The van der Waals surface area contributed by atoms with Crippen LogP contribution in [0.5, 0.6) is 0 Å². The Hall–Kier alpha value is -4.65. The second-order valence-electron chi connectivity index (χ2n) is 8.67. The van der Waals surface area contributed by atoms with Gasteiger partial charge in [-0.25, -0.2) is 0 Å². The summed E-state index contributed by atoms with van der Waals surface area (Å²) >= 11 is 0.